The van der Waals surface area contributed by atoms with Crippen LogP contribution in [-0.4, -0.2) is 47.3 Å². The lowest BCUT2D eigenvalue weighted by molar-refractivity contribution is -0.129. The number of rotatable bonds is 6. The van der Waals surface area contributed by atoms with E-state index in [9.17, 15) is 4.79 Å². The quantitative estimate of drug-likeness (QED) is 0.844. The summed E-state index contributed by atoms with van der Waals surface area (Å²) in [5, 5.41) is 11.1. The molecule has 6 heteroatoms. The summed E-state index contributed by atoms with van der Waals surface area (Å²) in [7, 11) is 1.85. The van der Waals surface area contributed by atoms with Crippen LogP contribution < -0.4 is 10.6 Å². The molecule has 0 bridgehead atoms. The van der Waals surface area contributed by atoms with Crippen molar-refractivity contribution in [1.82, 2.24) is 20.0 Å². The minimum Gasteiger partial charge on any atom is -0.370 e. The minimum absolute atomic E-state index is 0.109. The van der Waals surface area contributed by atoms with Gasteiger partial charge in [-0.3, -0.25) is 4.79 Å². The predicted octanol–water partition coefficient (Wildman–Crippen LogP) is 1.48. The molecule has 24 heavy (non-hydrogen) atoms. The van der Waals surface area contributed by atoms with E-state index in [1.807, 2.05) is 49.0 Å². The van der Waals surface area contributed by atoms with Crippen LogP contribution >= 0.6 is 0 Å². The van der Waals surface area contributed by atoms with Crippen molar-refractivity contribution in [2.24, 2.45) is 5.92 Å². The number of hydrogen-bond donors (Lipinski definition) is 2. The molecule has 0 aliphatic carbocycles. The van der Waals surface area contributed by atoms with E-state index in [0.717, 1.165) is 36.7 Å². The highest BCUT2D eigenvalue weighted by Crippen LogP contribution is 2.17. The van der Waals surface area contributed by atoms with Crippen molar-refractivity contribution in [2.45, 2.75) is 20.0 Å². The zero-order chi connectivity index (χ0) is 16.9. The van der Waals surface area contributed by atoms with Crippen molar-refractivity contribution >= 4 is 11.7 Å². The van der Waals surface area contributed by atoms with Gasteiger partial charge in [0.25, 0.3) is 0 Å². The standard InChI is InChI=1S/C18H25N5O/c1-14-8-17-20-10-16(13-23(17)21-14)9-19-11-18(24)22(2)12-15-6-4-3-5-7-15/h3-8,16,19-20H,9-13H2,1-2H3/t16-/m0/s1. The van der Waals surface area contributed by atoms with E-state index in [1.54, 1.807) is 4.90 Å². The van der Waals surface area contributed by atoms with Crippen LogP contribution in [0, 0.1) is 12.8 Å². The number of fused-ring (bicyclic) bond motifs is 1. The summed E-state index contributed by atoms with van der Waals surface area (Å²) in [6.45, 7) is 5.61. The van der Waals surface area contributed by atoms with Crippen molar-refractivity contribution in [2.75, 3.05) is 32.0 Å². The number of aryl methyl sites for hydroxylation is 1. The highest BCUT2D eigenvalue weighted by Gasteiger charge is 2.19. The fraction of sp³-hybridized carbons (Fsp3) is 0.444. The fourth-order valence-corrected chi connectivity index (χ4v) is 2.99. The fourth-order valence-electron chi connectivity index (χ4n) is 2.99. The molecule has 3 rings (SSSR count). The molecular formula is C18H25N5O. The first kappa shape index (κ1) is 16.5. The molecule has 1 aliphatic rings. The summed E-state index contributed by atoms with van der Waals surface area (Å²) in [5.74, 6) is 1.63. The molecule has 2 heterocycles. The monoisotopic (exact) mass is 327 g/mol. The number of carbonyl (C=O) groups is 1. The molecule has 0 saturated heterocycles. The summed E-state index contributed by atoms with van der Waals surface area (Å²) in [5.41, 5.74) is 2.18. The highest BCUT2D eigenvalue weighted by molar-refractivity contribution is 5.77. The topological polar surface area (TPSA) is 62.2 Å². The Bertz CT molecular complexity index is 682. The maximum absolute atomic E-state index is 12.2. The van der Waals surface area contributed by atoms with Crippen LogP contribution in [0.4, 0.5) is 5.82 Å². The Morgan fingerprint density at radius 2 is 2.21 bits per heavy atom. The van der Waals surface area contributed by atoms with Crippen molar-refractivity contribution in [1.29, 1.82) is 0 Å². The molecule has 1 atom stereocenters. The van der Waals surface area contributed by atoms with Crippen molar-refractivity contribution in [3.05, 3.63) is 47.7 Å². The van der Waals surface area contributed by atoms with Gasteiger partial charge >= 0.3 is 0 Å². The Balaban J connectivity index is 1.41. The average Bonchev–Trinajstić information content (AvgIpc) is 2.95. The number of amides is 1. The Morgan fingerprint density at radius 1 is 1.42 bits per heavy atom. The van der Waals surface area contributed by atoms with Crippen molar-refractivity contribution in [3.8, 4) is 0 Å². The minimum atomic E-state index is 0.109. The van der Waals surface area contributed by atoms with Crippen LogP contribution in [0.3, 0.4) is 0 Å². The zero-order valence-electron chi connectivity index (χ0n) is 14.3. The first-order valence-electron chi connectivity index (χ1n) is 8.39. The van der Waals surface area contributed by atoms with Gasteiger partial charge in [0.05, 0.1) is 12.2 Å². The third kappa shape index (κ3) is 4.14. The number of anilines is 1. The summed E-state index contributed by atoms with van der Waals surface area (Å²) in [4.78, 5) is 14.0. The van der Waals surface area contributed by atoms with Gasteiger partial charge in [0, 0.05) is 45.2 Å². The van der Waals surface area contributed by atoms with Crippen LogP contribution in [0.5, 0.6) is 0 Å². The van der Waals surface area contributed by atoms with E-state index in [1.165, 1.54) is 0 Å². The maximum Gasteiger partial charge on any atom is 0.236 e. The molecule has 1 aromatic heterocycles. The van der Waals surface area contributed by atoms with E-state index in [0.29, 0.717) is 19.0 Å². The molecule has 1 aliphatic heterocycles. The molecule has 0 radical (unpaired) electrons. The van der Waals surface area contributed by atoms with Crippen molar-refractivity contribution in [3.63, 3.8) is 0 Å². The summed E-state index contributed by atoms with van der Waals surface area (Å²) in [6, 6.07) is 12.1. The van der Waals surface area contributed by atoms with Crippen LogP contribution in [0.25, 0.3) is 0 Å². The lowest BCUT2D eigenvalue weighted by atomic mass is 10.1. The average molecular weight is 327 g/mol. The van der Waals surface area contributed by atoms with E-state index in [2.05, 4.69) is 21.8 Å². The molecule has 0 spiro atoms. The lowest BCUT2D eigenvalue weighted by Crippen LogP contribution is -2.40. The molecule has 0 fully saturated rings. The molecule has 1 aromatic carbocycles. The summed E-state index contributed by atoms with van der Waals surface area (Å²) < 4.78 is 2.01. The van der Waals surface area contributed by atoms with Crippen LogP contribution in [0.2, 0.25) is 0 Å². The Labute approximate surface area is 142 Å². The number of hydrogen-bond acceptors (Lipinski definition) is 4. The second-order valence-corrected chi connectivity index (χ2v) is 6.47. The third-order valence-electron chi connectivity index (χ3n) is 4.30. The number of benzene rings is 1. The molecule has 6 nitrogen and oxygen atoms in total. The SMILES string of the molecule is Cc1cc2n(n1)C[C@@H](CNCC(=O)N(C)Cc1ccccc1)CN2. The first-order chi connectivity index (χ1) is 11.6. The highest BCUT2D eigenvalue weighted by atomic mass is 16.2. The van der Waals surface area contributed by atoms with E-state index < -0.39 is 0 Å². The Kier molecular flexibility index (Phi) is 5.15. The van der Waals surface area contributed by atoms with Crippen LogP contribution in [-0.2, 0) is 17.9 Å². The second kappa shape index (κ2) is 7.49. The summed E-state index contributed by atoms with van der Waals surface area (Å²) in [6.07, 6.45) is 0. The van der Waals surface area contributed by atoms with Crippen LogP contribution in [0.1, 0.15) is 11.3 Å². The normalized spacial score (nSPS) is 16.3. The van der Waals surface area contributed by atoms with E-state index >= 15 is 0 Å². The Morgan fingerprint density at radius 3 is 3.00 bits per heavy atom. The summed E-state index contributed by atoms with van der Waals surface area (Å²) >= 11 is 0. The molecule has 0 unspecified atom stereocenters. The van der Waals surface area contributed by atoms with Gasteiger partial charge in [-0.2, -0.15) is 5.10 Å². The largest absolute Gasteiger partial charge is 0.370 e. The predicted molar refractivity (Wildman–Crippen MR) is 94.7 cm³/mol. The number of nitrogens with one attached hydrogen (secondary N) is 2. The van der Waals surface area contributed by atoms with Gasteiger partial charge in [0.1, 0.15) is 5.82 Å². The molecule has 0 saturated carbocycles. The van der Waals surface area contributed by atoms with E-state index in [-0.39, 0.29) is 5.91 Å². The van der Waals surface area contributed by atoms with Gasteiger partial charge in [-0.15, -0.1) is 0 Å². The third-order valence-corrected chi connectivity index (χ3v) is 4.30. The van der Waals surface area contributed by atoms with E-state index in [4.69, 9.17) is 0 Å². The van der Waals surface area contributed by atoms with Crippen LogP contribution in [0.15, 0.2) is 36.4 Å². The maximum atomic E-state index is 12.2. The number of carbonyl (C=O) groups excluding carboxylic acids is 1. The molecule has 128 valence electrons. The van der Waals surface area contributed by atoms with Gasteiger partial charge in [-0.25, -0.2) is 4.68 Å². The number of likely N-dealkylation sites (N-methyl/N-ethyl adjacent to an activating group) is 1. The molecular weight excluding hydrogens is 302 g/mol. The smallest absolute Gasteiger partial charge is 0.236 e. The first-order valence-corrected chi connectivity index (χ1v) is 8.39. The number of aromatic nitrogens is 2. The Hall–Kier alpha value is -2.34. The molecule has 2 aromatic rings. The van der Waals surface area contributed by atoms with Gasteiger partial charge in [-0.1, -0.05) is 30.3 Å². The number of nitrogens with zero attached hydrogens (tertiary/aromatic N) is 3. The van der Waals surface area contributed by atoms with Gasteiger partial charge < -0.3 is 15.5 Å². The van der Waals surface area contributed by atoms with Gasteiger partial charge in [0.2, 0.25) is 5.91 Å². The van der Waals surface area contributed by atoms with Gasteiger partial charge in [0.15, 0.2) is 0 Å². The molecule has 1 amide bonds. The second-order valence-electron chi connectivity index (χ2n) is 6.47. The molecule has 2 N–H and O–H groups in total. The van der Waals surface area contributed by atoms with Crippen molar-refractivity contribution < 1.29 is 4.79 Å². The lowest BCUT2D eigenvalue weighted by Gasteiger charge is -2.25. The zero-order valence-corrected chi connectivity index (χ0v) is 14.3. The van der Waals surface area contributed by atoms with Gasteiger partial charge in [-0.05, 0) is 12.5 Å².